The first-order valence-corrected chi connectivity index (χ1v) is 7.52. The maximum atomic E-state index is 12.7. The molecule has 1 atom stereocenters. The highest BCUT2D eigenvalue weighted by molar-refractivity contribution is 5.97. The molecular formula is C16H24N2O3. The van der Waals surface area contributed by atoms with Gasteiger partial charge in [-0.2, -0.15) is 0 Å². The van der Waals surface area contributed by atoms with Gasteiger partial charge in [0.05, 0.1) is 5.56 Å². The molecule has 0 spiro atoms. The molecule has 1 amide bonds. The van der Waals surface area contributed by atoms with Crippen LogP contribution < -0.4 is 5.32 Å². The molecule has 1 aliphatic rings. The normalized spacial score (nSPS) is 18.1. The van der Waals surface area contributed by atoms with Crippen molar-refractivity contribution in [1.29, 1.82) is 0 Å². The zero-order valence-electron chi connectivity index (χ0n) is 12.7. The highest BCUT2D eigenvalue weighted by Gasteiger charge is 2.24. The molecular weight excluding hydrogens is 268 g/mol. The second-order valence-electron chi connectivity index (χ2n) is 6.10. The standard InChI is InChI=1S/C16H24N2O3/c1-11(2)9-18(10-12-4-3-7-17-12)16(21)14-6-5-13(19)8-15(14)20/h5-6,8,11-12,17,19-20H,3-4,7,9-10H2,1-2H3. The van der Waals surface area contributed by atoms with Gasteiger partial charge in [0.2, 0.25) is 0 Å². The molecule has 116 valence electrons. The molecule has 0 radical (unpaired) electrons. The van der Waals surface area contributed by atoms with Crippen LogP contribution in [0.15, 0.2) is 18.2 Å². The minimum absolute atomic E-state index is 0.0445. The fraction of sp³-hybridized carbons (Fsp3) is 0.562. The minimum atomic E-state index is -0.185. The molecule has 2 rings (SSSR count). The Kier molecular flexibility index (Phi) is 5.07. The Bertz CT molecular complexity index is 496. The number of rotatable bonds is 5. The summed E-state index contributed by atoms with van der Waals surface area (Å²) in [5.41, 5.74) is 0.242. The number of hydrogen-bond acceptors (Lipinski definition) is 4. The van der Waals surface area contributed by atoms with Crippen LogP contribution in [0.4, 0.5) is 0 Å². The summed E-state index contributed by atoms with van der Waals surface area (Å²) in [4.78, 5) is 14.4. The predicted octanol–water partition coefficient (Wildman–Crippen LogP) is 1.95. The third kappa shape index (κ3) is 4.11. The van der Waals surface area contributed by atoms with Crippen LogP contribution in [0.25, 0.3) is 0 Å². The van der Waals surface area contributed by atoms with Gasteiger partial charge < -0.3 is 20.4 Å². The Morgan fingerprint density at radius 1 is 1.43 bits per heavy atom. The van der Waals surface area contributed by atoms with E-state index in [-0.39, 0.29) is 23.0 Å². The lowest BCUT2D eigenvalue weighted by molar-refractivity contribution is 0.0718. The summed E-state index contributed by atoms with van der Waals surface area (Å²) in [6, 6.07) is 4.43. The van der Waals surface area contributed by atoms with Gasteiger partial charge in [0, 0.05) is 25.2 Å². The number of carbonyl (C=O) groups is 1. The van der Waals surface area contributed by atoms with Crippen LogP contribution in [0.5, 0.6) is 11.5 Å². The van der Waals surface area contributed by atoms with E-state index in [0.717, 1.165) is 19.4 Å². The van der Waals surface area contributed by atoms with Crippen LogP contribution in [0.3, 0.4) is 0 Å². The Balaban J connectivity index is 2.15. The van der Waals surface area contributed by atoms with Gasteiger partial charge in [-0.05, 0) is 37.4 Å². The van der Waals surface area contributed by atoms with Crippen molar-refractivity contribution < 1.29 is 15.0 Å². The van der Waals surface area contributed by atoms with E-state index < -0.39 is 0 Å². The van der Waals surface area contributed by atoms with E-state index in [2.05, 4.69) is 19.2 Å². The second-order valence-corrected chi connectivity index (χ2v) is 6.10. The van der Waals surface area contributed by atoms with Gasteiger partial charge in [-0.3, -0.25) is 4.79 Å². The zero-order chi connectivity index (χ0) is 15.4. The molecule has 5 heteroatoms. The summed E-state index contributed by atoms with van der Waals surface area (Å²) in [6.45, 7) is 6.44. The van der Waals surface area contributed by atoms with Crippen LogP contribution in [0.2, 0.25) is 0 Å². The summed E-state index contributed by atoms with van der Waals surface area (Å²) in [5.74, 6) is -0.0467. The molecule has 5 nitrogen and oxygen atoms in total. The molecule has 1 fully saturated rings. The van der Waals surface area contributed by atoms with Gasteiger partial charge >= 0.3 is 0 Å². The molecule has 1 aliphatic heterocycles. The first kappa shape index (κ1) is 15.6. The third-order valence-corrected chi connectivity index (χ3v) is 3.69. The van der Waals surface area contributed by atoms with Crippen molar-refractivity contribution in [2.75, 3.05) is 19.6 Å². The summed E-state index contributed by atoms with van der Waals surface area (Å²) in [6.07, 6.45) is 2.21. The van der Waals surface area contributed by atoms with Crippen molar-refractivity contribution in [2.24, 2.45) is 5.92 Å². The van der Waals surface area contributed by atoms with Crippen molar-refractivity contribution >= 4 is 5.91 Å². The largest absolute Gasteiger partial charge is 0.508 e. The molecule has 0 aliphatic carbocycles. The molecule has 0 bridgehead atoms. The van der Waals surface area contributed by atoms with Crippen LogP contribution in [0.1, 0.15) is 37.0 Å². The van der Waals surface area contributed by atoms with E-state index in [1.54, 1.807) is 4.90 Å². The Hall–Kier alpha value is -1.75. The number of hydrogen-bond donors (Lipinski definition) is 3. The SMILES string of the molecule is CC(C)CN(CC1CCCN1)C(=O)c1ccc(O)cc1O. The first-order valence-electron chi connectivity index (χ1n) is 7.52. The second kappa shape index (κ2) is 6.80. The molecule has 0 aromatic heterocycles. The van der Waals surface area contributed by atoms with Gasteiger partial charge in [-0.1, -0.05) is 13.8 Å². The summed E-state index contributed by atoms with van der Waals surface area (Å²) in [7, 11) is 0. The number of amides is 1. The van der Waals surface area contributed by atoms with E-state index >= 15 is 0 Å². The quantitative estimate of drug-likeness (QED) is 0.775. The molecule has 1 aromatic carbocycles. The van der Waals surface area contributed by atoms with E-state index in [1.807, 2.05) is 0 Å². The zero-order valence-corrected chi connectivity index (χ0v) is 12.7. The topological polar surface area (TPSA) is 72.8 Å². The number of phenolic OH excluding ortho intramolecular Hbond substituents is 2. The molecule has 0 saturated carbocycles. The van der Waals surface area contributed by atoms with E-state index in [1.165, 1.54) is 18.2 Å². The van der Waals surface area contributed by atoms with Gasteiger partial charge in [-0.25, -0.2) is 0 Å². The third-order valence-electron chi connectivity index (χ3n) is 3.69. The predicted molar refractivity (Wildman–Crippen MR) is 81.5 cm³/mol. The van der Waals surface area contributed by atoms with E-state index in [4.69, 9.17) is 0 Å². The van der Waals surface area contributed by atoms with Gasteiger partial charge in [0.25, 0.3) is 5.91 Å². The average Bonchev–Trinajstić information content (AvgIpc) is 2.89. The number of aromatic hydroxyl groups is 2. The van der Waals surface area contributed by atoms with Crippen LogP contribution in [0, 0.1) is 5.92 Å². The highest BCUT2D eigenvalue weighted by atomic mass is 16.3. The molecule has 1 saturated heterocycles. The maximum Gasteiger partial charge on any atom is 0.257 e. The molecule has 1 heterocycles. The van der Waals surface area contributed by atoms with Gasteiger partial charge in [0.1, 0.15) is 11.5 Å². The lowest BCUT2D eigenvalue weighted by Crippen LogP contribution is -2.42. The van der Waals surface area contributed by atoms with Crippen molar-refractivity contribution in [1.82, 2.24) is 10.2 Å². The Labute approximate surface area is 125 Å². The van der Waals surface area contributed by atoms with E-state index in [0.29, 0.717) is 25.0 Å². The number of phenols is 2. The molecule has 3 N–H and O–H groups in total. The minimum Gasteiger partial charge on any atom is -0.508 e. The Morgan fingerprint density at radius 3 is 2.76 bits per heavy atom. The summed E-state index contributed by atoms with van der Waals surface area (Å²) in [5, 5.41) is 22.6. The molecule has 21 heavy (non-hydrogen) atoms. The Morgan fingerprint density at radius 2 is 2.19 bits per heavy atom. The monoisotopic (exact) mass is 292 g/mol. The van der Waals surface area contributed by atoms with Crippen molar-refractivity contribution in [2.45, 2.75) is 32.7 Å². The lowest BCUT2D eigenvalue weighted by atomic mass is 10.1. The average molecular weight is 292 g/mol. The number of nitrogens with zero attached hydrogens (tertiary/aromatic N) is 1. The number of benzene rings is 1. The van der Waals surface area contributed by atoms with Crippen molar-refractivity contribution in [3.05, 3.63) is 23.8 Å². The van der Waals surface area contributed by atoms with Gasteiger partial charge in [0.15, 0.2) is 0 Å². The number of carbonyl (C=O) groups excluding carboxylic acids is 1. The van der Waals surface area contributed by atoms with Gasteiger partial charge in [-0.15, -0.1) is 0 Å². The summed E-state index contributed by atoms with van der Waals surface area (Å²) >= 11 is 0. The lowest BCUT2D eigenvalue weighted by Gasteiger charge is -2.28. The van der Waals surface area contributed by atoms with Crippen LogP contribution in [-0.2, 0) is 0 Å². The fourth-order valence-electron chi connectivity index (χ4n) is 2.73. The smallest absolute Gasteiger partial charge is 0.257 e. The van der Waals surface area contributed by atoms with E-state index in [9.17, 15) is 15.0 Å². The van der Waals surface area contributed by atoms with Crippen LogP contribution in [-0.4, -0.2) is 46.7 Å². The number of nitrogens with one attached hydrogen (secondary N) is 1. The molecule has 1 unspecified atom stereocenters. The highest BCUT2D eigenvalue weighted by Crippen LogP contribution is 2.24. The fourth-order valence-corrected chi connectivity index (χ4v) is 2.73. The maximum absolute atomic E-state index is 12.7. The first-order chi connectivity index (χ1) is 9.97. The summed E-state index contributed by atoms with van der Waals surface area (Å²) < 4.78 is 0. The van der Waals surface area contributed by atoms with Crippen LogP contribution >= 0.6 is 0 Å². The molecule has 1 aromatic rings. The van der Waals surface area contributed by atoms with Crippen molar-refractivity contribution in [3.63, 3.8) is 0 Å². The van der Waals surface area contributed by atoms with Crippen molar-refractivity contribution in [3.8, 4) is 11.5 Å².